The van der Waals surface area contributed by atoms with Crippen LogP contribution < -0.4 is 11.1 Å². The number of hydrogen-bond acceptors (Lipinski definition) is 7. The number of ether oxygens (including phenoxy) is 1. The van der Waals surface area contributed by atoms with Gasteiger partial charge >= 0.3 is 6.09 Å². The summed E-state index contributed by atoms with van der Waals surface area (Å²) in [4.78, 5) is 40.1. The van der Waals surface area contributed by atoms with Gasteiger partial charge in [0.2, 0.25) is 15.9 Å². The zero-order valence-corrected chi connectivity index (χ0v) is 21.9. The van der Waals surface area contributed by atoms with Crippen LogP contribution in [0.4, 0.5) is 9.80 Å². The Balaban J connectivity index is 1.51. The van der Waals surface area contributed by atoms with Crippen molar-refractivity contribution >= 4 is 44.3 Å². The summed E-state index contributed by atoms with van der Waals surface area (Å²) in [5.41, 5.74) is 7.60. The monoisotopic (exact) mass is 534 g/mol. The Hall–Kier alpha value is -2.96. The van der Waals surface area contributed by atoms with Crippen LogP contribution >= 0.6 is 11.3 Å². The minimum Gasteiger partial charge on any atom is -0.450 e. The molecule has 1 saturated heterocycles. The van der Waals surface area contributed by atoms with Crippen molar-refractivity contribution in [3.63, 3.8) is 0 Å². The molecule has 12 heteroatoms. The maximum atomic E-state index is 13.2. The van der Waals surface area contributed by atoms with Gasteiger partial charge in [0.25, 0.3) is 5.91 Å². The highest BCUT2D eigenvalue weighted by Gasteiger charge is 2.35. The molecular weight excluding hydrogens is 504 g/mol. The summed E-state index contributed by atoms with van der Waals surface area (Å²) in [6, 6.07) is 6.63. The van der Waals surface area contributed by atoms with E-state index in [0.29, 0.717) is 37.4 Å². The fourth-order valence-corrected chi connectivity index (χ4v) is 7.37. The van der Waals surface area contributed by atoms with E-state index in [9.17, 15) is 22.8 Å². The third kappa shape index (κ3) is 5.25. The summed E-state index contributed by atoms with van der Waals surface area (Å²) in [5, 5.41) is 3.16. The maximum Gasteiger partial charge on any atom is 0.410 e. The standard InChI is InChI=1S/C24H30N4O6S2/c1-3-34-24(31)27-12-10-18-19(14-27)35-23(20(18)21(25)29)26-22(30)16-5-4-11-28(13-16)36(32,33)17-8-6-15(2)7-9-17/h6-9,16H,3-5,10-14H2,1-2H3,(H2,25,29)(H,26,30). The minimum absolute atomic E-state index is 0.0513. The second-order valence-corrected chi connectivity index (χ2v) is 12.0. The number of fused-ring (bicyclic) bond motifs is 1. The average molecular weight is 535 g/mol. The van der Waals surface area contributed by atoms with Gasteiger partial charge in [0.05, 0.1) is 29.5 Å². The highest BCUT2D eigenvalue weighted by atomic mass is 32.2. The first kappa shape index (κ1) is 26.1. The number of nitrogens with one attached hydrogen (secondary N) is 1. The Morgan fingerprint density at radius 1 is 1.19 bits per heavy atom. The first-order chi connectivity index (χ1) is 17.1. The summed E-state index contributed by atoms with van der Waals surface area (Å²) < 4.78 is 32.7. The number of piperidine rings is 1. The van der Waals surface area contributed by atoms with Gasteiger partial charge in [0, 0.05) is 24.5 Å². The molecule has 2 aromatic rings. The first-order valence-corrected chi connectivity index (χ1v) is 14.1. The highest BCUT2D eigenvalue weighted by molar-refractivity contribution is 7.89. The zero-order chi connectivity index (χ0) is 26.0. The predicted octanol–water partition coefficient (Wildman–Crippen LogP) is 2.71. The molecule has 1 aromatic heterocycles. The van der Waals surface area contributed by atoms with Crippen LogP contribution in [-0.4, -0.2) is 61.8 Å². The number of aryl methyl sites for hydroxylation is 1. The van der Waals surface area contributed by atoms with Gasteiger partial charge < -0.3 is 20.7 Å². The van der Waals surface area contributed by atoms with Crippen LogP contribution in [0.2, 0.25) is 0 Å². The molecular formula is C24H30N4O6S2. The predicted molar refractivity (Wildman–Crippen MR) is 135 cm³/mol. The van der Waals surface area contributed by atoms with E-state index in [4.69, 9.17) is 10.5 Å². The Bertz CT molecular complexity index is 1270. The molecule has 1 unspecified atom stereocenters. The Labute approximate surface area is 214 Å². The SMILES string of the molecule is CCOC(=O)N1CCc2c(sc(NC(=O)C3CCCN(S(=O)(=O)c4ccc(C)cc4)C3)c2C(N)=O)C1. The lowest BCUT2D eigenvalue weighted by Crippen LogP contribution is -2.43. The number of sulfonamides is 1. The molecule has 0 saturated carbocycles. The van der Waals surface area contributed by atoms with Crippen molar-refractivity contribution in [2.75, 3.05) is 31.6 Å². The van der Waals surface area contributed by atoms with E-state index in [1.54, 1.807) is 36.1 Å². The van der Waals surface area contributed by atoms with Gasteiger partial charge in [0.15, 0.2) is 0 Å². The van der Waals surface area contributed by atoms with E-state index in [-0.39, 0.29) is 36.1 Å². The van der Waals surface area contributed by atoms with Gasteiger partial charge in [-0.1, -0.05) is 17.7 Å². The summed E-state index contributed by atoms with van der Waals surface area (Å²) in [6.07, 6.45) is 1.06. The molecule has 36 heavy (non-hydrogen) atoms. The van der Waals surface area contributed by atoms with Gasteiger partial charge in [0.1, 0.15) is 5.00 Å². The van der Waals surface area contributed by atoms with Gasteiger partial charge in [-0.25, -0.2) is 13.2 Å². The molecule has 3 amide bonds. The van der Waals surface area contributed by atoms with Crippen LogP contribution in [0, 0.1) is 12.8 Å². The lowest BCUT2D eigenvalue weighted by molar-refractivity contribution is -0.120. The molecule has 0 spiro atoms. The zero-order valence-electron chi connectivity index (χ0n) is 20.3. The van der Waals surface area contributed by atoms with E-state index < -0.39 is 27.9 Å². The second kappa shape index (κ2) is 10.6. The van der Waals surface area contributed by atoms with Crippen LogP contribution in [0.3, 0.4) is 0 Å². The average Bonchev–Trinajstić information content (AvgIpc) is 3.21. The molecule has 4 rings (SSSR count). The van der Waals surface area contributed by atoms with Crippen molar-refractivity contribution in [2.24, 2.45) is 11.7 Å². The van der Waals surface area contributed by atoms with Crippen LogP contribution in [0.1, 0.15) is 46.1 Å². The number of nitrogens with two attached hydrogens (primary N) is 1. The number of primary amides is 1. The molecule has 1 aromatic carbocycles. The van der Waals surface area contributed by atoms with E-state index in [1.807, 2.05) is 6.92 Å². The Morgan fingerprint density at radius 3 is 2.58 bits per heavy atom. The molecule has 0 aliphatic carbocycles. The molecule has 3 N–H and O–H groups in total. The minimum atomic E-state index is -3.73. The van der Waals surface area contributed by atoms with Gasteiger partial charge in [-0.15, -0.1) is 11.3 Å². The summed E-state index contributed by atoms with van der Waals surface area (Å²) in [5.74, 6) is -1.59. The molecule has 194 valence electrons. The van der Waals surface area contributed by atoms with Crippen LogP contribution in [-0.2, 0) is 32.5 Å². The number of nitrogens with zero attached hydrogens (tertiary/aromatic N) is 2. The molecule has 2 aliphatic rings. The third-order valence-electron chi connectivity index (χ3n) is 6.48. The fraction of sp³-hybridized carbons (Fsp3) is 0.458. The van der Waals surface area contributed by atoms with Crippen molar-refractivity contribution in [2.45, 2.75) is 44.6 Å². The molecule has 3 heterocycles. The number of anilines is 1. The van der Waals surface area contributed by atoms with E-state index in [0.717, 1.165) is 16.0 Å². The summed E-state index contributed by atoms with van der Waals surface area (Å²) >= 11 is 1.21. The molecule has 2 aliphatic heterocycles. The largest absolute Gasteiger partial charge is 0.450 e. The topological polar surface area (TPSA) is 139 Å². The summed E-state index contributed by atoms with van der Waals surface area (Å²) in [7, 11) is -3.73. The van der Waals surface area contributed by atoms with E-state index in [1.165, 1.54) is 15.6 Å². The number of carbonyl (C=O) groups is 3. The fourth-order valence-electron chi connectivity index (χ4n) is 4.57. The Morgan fingerprint density at radius 2 is 1.92 bits per heavy atom. The van der Waals surface area contributed by atoms with Crippen molar-refractivity contribution in [3.05, 3.63) is 45.8 Å². The van der Waals surface area contributed by atoms with E-state index in [2.05, 4.69) is 5.32 Å². The van der Waals surface area contributed by atoms with Crippen LogP contribution in [0.5, 0.6) is 0 Å². The first-order valence-electron chi connectivity index (χ1n) is 11.9. The molecule has 0 bridgehead atoms. The lowest BCUT2D eigenvalue weighted by atomic mass is 9.98. The Kier molecular flexibility index (Phi) is 7.67. The van der Waals surface area contributed by atoms with Gasteiger partial charge in [-0.05, 0) is 50.8 Å². The normalized spacial score (nSPS) is 18.4. The number of amides is 3. The smallest absolute Gasteiger partial charge is 0.410 e. The number of carbonyl (C=O) groups excluding carboxylic acids is 3. The molecule has 0 radical (unpaired) electrons. The molecule has 1 fully saturated rings. The molecule has 10 nitrogen and oxygen atoms in total. The molecule has 1 atom stereocenters. The van der Waals surface area contributed by atoms with Crippen molar-refractivity contribution in [3.8, 4) is 0 Å². The van der Waals surface area contributed by atoms with Crippen molar-refractivity contribution < 1.29 is 27.5 Å². The second-order valence-electron chi connectivity index (χ2n) is 8.95. The number of thiophene rings is 1. The summed E-state index contributed by atoms with van der Waals surface area (Å²) in [6.45, 7) is 4.91. The van der Waals surface area contributed by atoms with Crippen LogP contribution in [0.15, 0.2) is 29.2 Å². The quantitative estimate of drug-likeness (QED) is 0.584. The van der Waals surface area contributed by atoms with Crippen molar-refractivity contribution in [1.29, 1.82) is 0 Å². The third-order valence-corrected chi connectivity index (χ3v) is 9.49. The number of rotatable bonds is 6. The van der Waals surface area contributed by atoms with Crippen molar-refractivity contribution in [1.82, 2.24) is 9.21 Å². The number of hydrogen-bond donors (Lipinski definition) is 2. The maximum absolute atomic E-state index is 13.2. The number of benzene rings is 1. The van der Waals surface area contributed by atoms with Gasteiger partial charge in [-0.2, -0.15) is 4.31 Å². The highest BCUT2D eigenvalue weighted by Crippen LogP contribution is 2.37. The lowest BCUT2D eigenvalue weighted by Gasteiger charge is -2.31. The van der Waals surface area contributed by atoms with E-state index >= 15 is 0 Å². The van der Waals surface area contributed by atoms with Gasteiger partial charge in [-0.3, -0.25) is 9.59 Å². The van der Waals surface area contributed by atoms with Crippen LogP contribution in [0.25, 0.3) is 0 Å².